The third kappa shape index (κ3) is 1.75. The zero-order valence-corrected chi connectivity index (χ0v) is 12.9. The average Bonchev–Trinajstić information content (AvgIpc) is 2.39. The van der Waals surface area contributed by atoms with Crippen molar-refractivity contribution in [3.63, 3.8) is 0 Å². The Balaban J connectivity index is 1.62. The summed E-state index contributed by atoms with van der Waals surface area (Å²) in [7, 11) is 2.38. The summed E-state index contributed by atoms with van der Waals surface area (Å²) in [5.41, 5.74) is 0.578. The largest absolute Gasteiger partial charge is 0.303 e. The third-order valence-electron chi connectivity index (χ3n) is 7.26. The first-order valence-corrected chi connectivity index (χ1v) is 8.52. The van der Waals surface area contributed by atoms with Crippen molar-refractivity contribution in [1.82, 2.24) is 9.80 Å². The Labute approximate surface area is 118 Å². The first-order valence-electron chi connectivity index (χ1n) is 8.52. The van der Waals surface area contributed by atoms with Crippen LogP contribution in [0, 0.1) is 23.2 Å². The molecule has 0 N–H and O–H groups in total. The summed E-state index contributed by atoms with van der Waals surface area (Å²) >= 11 is 0. The van der Waals surface area contributed by atoms with Gasteiger partial charge < -0.3 is 4.90 Å². The Bertz CT molecular complexity index is 368. The van der Waals surface area contributed by atoms with E-state index in [2.05, 4.69) is 30.7 Å². The number of hydrogen-bond donors (Lipinski definition) is 0. The molecule has 0 amide bonds. The fraction of sp³-hybridized carbons (Fsp3) is 1.00. The van der Waals surface area contributed by atoms with E-state index in [4.69, 9.17) is 0 Å². The van der Waals surface area contributed by atoms with Crippen molar-refractivity contribution >= 4 is 0 Å². The van der Waals surface area contributed by atoms with Gasteiger partial charge in [-0.3, -0.25) is 4.90 Å². The fourth-order valence-corrected chi connectivity index (χ4v) is 6.34. The zero-order chi connectivity index (χ0) is 13.2. The van der Waals surface area contributed by atoms with Crippen molar-refractivity contribution in [3.8, 4) is 0 Å². The molecule has 0 radical (unpaired) electrons. The lowest BCUT2D eigenvalue weighted by molar-refractivity contribution is -0.128. The van der Waals surface area contributed by atoms with Crippen LogP contribution in [0.15, 0.2) is 0 Å². The average molecular weight is 262 g/mol. The predicted octanol–water partition coefficient (Wildman–Crippen LogP) is 2.84. The Morgan fingerprint density at radius 2 is 1.89 bits per heavy atom. The Morgan fingerprint density at radius 1 is 1.05 bits per heavy atom. The van der Waals surface area contributed by atoms with E-state index in [1.54, 1.807) is 0 Å². The molecule has 5 aliphatic heterocycles. The first-order chi connectivity index (χ1) is 9.08. The van der Waals surface area contributed by atoms with Crippen LogP contribution in [-0.4, -0.2) is 48.6 Å². The van der Waals surface area contributed by atoms with Gasteiger partial charge in [0.15, 0.2) is 0 Å². The molecule has 108 valence electrons. The second-order valence-corrected chi connectivity index (χ2v) is 8.38. The van der Waals surface area contributed by atoms with E-state index >= 15 is 0 Å². The van der Waals surface area contributed by atoms with Gasteiger partial charge in [0.2, 0.25) is 0 Å². The second-order valence-electron chi connectivity index (χ2n) is 8.38. The highest BCUT2D eigenvalue weighted by Crippen LogP contribution is 2.53. The molecule has 2 nitrogen and oxygen atoms in total. The van der Waals surface area contributed by atoms with Crippen molar-refractivity contribution in [2.24, 2.45) is 23.2 Å². The standard InChI is InChI=1S/C17H30N2/c1-12-10-19-7-6-14(12)8-16(19)17(2)9-13-4-5-15(17)18(3)11-13/h12-16H,4-11H2,1-3H3/t12-,13?,14?,15?,16?,17-/m1/s1. The van der Waals surface area contributed by atoms with Crippen LogP contribution in [-0.2, 0) is 0 Å². The van der Waals surface area contributed by atoms with E-state index in [9.17, 15) is 0 Å². The maximum Gasteiger partial charge on any atom is 0.0167 e. The summed E-state index contributed by atoms with van der Waals surface area (Å²) in [6.45, 7) is 9.25. The third-order valence-corrected chi connectivity index (χ3v) is 7.26. The molecule has 5 unspecified atom stereocenters. The van der Waals surface area contributed by atoms with Gasteiger partial charge in [-0.25, -0.2) is 0 Å². The van der Waals surface area contributed by atoms with Crippen LogP contribution in [0.25, 0.3) is 0 Å². The van der Waals surface area contributed by atoms with Crippen molar-refractivity contribution < 1.29 is 0 Å². The molecule has 0 aromatic carbocycles. The molecule has 0 spiro atoms. The number of rotatable bonds is 1. The molecule has 6 aliphatic rings. The van der Waals surface area contributed by atoms with Gasteiger partial charge in [-0.1, -0.05) is 13.8 Å². The molecular formula is C17H30N2. The van der Waals surface area contributed by atoms with Crippen LogP contribution in [0.4, 0.5) is 0 Å². The van der Waals surface area contributed by atoms with E-state index < -0.39 is 0 Å². The van der Waals surface area contributed by atoms with Gasteiger partial charge >= 0.3 is 0 Å². The zero-order valence-electron chi connectivity index (χ0n) is 12.9. The molecule has 0 aromatic rings. The summed E-state index contributed by atoms with van der Waals surface area (Å²) in [5, 5.41) is 0. The lowest BCUT2D eigenvalue weighted by Crippen LogP contribution is -2.67. The minimum Gasteiger partial charge on any atom is -0.303 e. The Hall–Kier alpha value is -0.0800. The number of hydrogen-bond acceptors (Lipinski definition) is 2. The minimum absolute atomic E-state index is 0.578. The summed E-state index contributed by atoms with van der Waals surface area (Å²) in [6.07, 6.45) is 7.43. The molecule has 5 saturated heterocycles. The molecule has 1 aliphatic carbocycles. The number of fused-ring (bicyclic) bond motifs is 7. The van der Waals surface area contributed by atoms with Gasteiger partial charge in [-0.2, -0.15) is 0 Å². The normalized spacial score (nSPS) is 57.6. The van der Waals surface area contributed by atoms with Gasteiger partial charge in [-0.15, -0.1) is 0 Å². The van der Waals surface area contributed by atoms with Gasteiger partial charge in [0, 0.05) is 25.2 Å². The van der Waals surface area contributed by atoms with Crippen LogP contribution >= 0.6 is 0 Å². The van der Waals surface area contributed by atoms with Crippen LogP contribution in [0.3, 0.4) is 0 Å². The quantitative estimate of drug-likeness (QED) is 0.717. The number of piperidine rings is 5. The van der Waals surface area contributed by atoms with Crippen LogP contribution in [0.1, 0.15) is 46.0 Å². The van der Waals surface area contributed by atoms with Crippen molar-refractivity contribution in [3.05, 3.63) is 0 Å². The van der Waals surface area contributed by atoms with Crippen molar-refractivity contribution in [1.29, 1.82) is 0 Å². The fourth-order valence-electron chi connectivity index (χ4n) is 6.34. The summed E-state index contributed by atoms with van der Waals surface area (Å²) in [6, 6.07) is 1.75. The smallest absolute Gasteiger partial charge is 0.0167 e. The Morgan fingerprint density at radius 3 is 2.47 bits per heavy atom. The van der Waals surface area contributed by atoms with E-state index in [0.717, 1.165) is 29.8 Å². The first kappa shape index (κ1) is 12.6. The molecule has 4 bridgehead atoms. The van der Waals surface area contributed by atoms with Crippen molar-refractivity contribution in [2.75, 3.05) is 26.7 Å². The summed E-state index contributed by atoms with van der Waals surface area (Å²) in [4.78, 5) is 5.57. The minimum atomic E-state index is 0.578. The second kappa shape index (κ2) is 4.21. The van der Waals surface area contributed by atoms with E-state index in [0.29, 0.717) is 5.41 Å². The van der Waals surface area contributed by atoms with Crippen molar-refractivity contribution in [2.45, 2.75) is 58.0 Å². The topological polar surface area (TPSA) is 6.48 Å². The van der Waals surface area contributed by atoms with Gasteiger partial charge in [0.05, 0.1) is 0 Å². The van der Waals surface area contributed by atoms with Gasteiger partial charge in [0.1, 0.15) is 0 Å². The summed E-state index contributed by atoms with van der Waals surface area (Å²) in [5.74, 6) is 2.96. The van der Waals surface area contributed by atoms with Gasteiger partial charge in [-0.05, 0) is 68.9 Å². The van der Waals surface area contributed by atoms with Crippen LogP contribution in [0.5, 0.6) is 0 Å². The molecule has 2 heteroatoms. The highest BCUT2D eigenvalue weighted by atomic mass is 15.2. The van der Waals surface area contributed by atoms with Crippen LogP contribution in [0.2, 0.25) is 0 Å². The lowest BCUT2D eigenvalue weighted by Gasteiger charge is -2.63. The molecule has 1 saturated carbocycles. The monoisotopic (exact) mass is 262 g/mol. The Kier molecular flexibility index (Phi) is 2.80. The highest BCUT2D eigenvalue weighted by Gasteiger charge is 2.55. The summed E-state index contributed by atoms with van der Waals surface area (Å²) < 4.78 is 0. The molecule has 6 rings (SSSR count). The SMILES string of the molecule is C[C@@H]1CN2CCC1CC2[C@]1(C)CC2CCC1N(C)C2. The lowest BCUT2D eigenvalue weighted by atomic mass is 9.56. The van der Waals surface area contributed by atoms with Gasteiger partial charge in [0.25, 0.3) is 0 Å². The maximum atomic E-state index is 2.87. The highest BCUT2D eigenvalue weighted by molar-refractivity contribution is 5.09. The van der Waals surface area contributed by atoms with E-state index in [-0.39, 0.29) is 0 Å². The molecule has 19 heavy (non-hydrogen) atoms. The molecule has 0 aromatic heterocycles. The van der Waals surface area contributed by atoms with E-state index in [1.807, 2.05) is 0 Å². The molecule has 5 heterocycles. The molecular weight excluding hydrogens is 232 g/mol. The van der Waals surface area contributed by atoms with E-state index in [1.165, 1.54) is 51.7 Å². The maximum absolute atomic E-state index is 2.87. The molecule has 6 fully saturated rings. The predicted molar refractivity (Wildman–Crippen MR) is 79.1 cm³/mol. The number of nitrogens with zero attached hydrogens (tertiary/aromatic N) is 2. The van der Waals surface area contributed by atoms with Crippen LogP contribution < -0.4 is 0 Å². The molecule has 7 atom stereocenters.